The van der Waals surface area contributed by atoms with E-state index in [2.05, 4.69) is 16.5 Å². The van der Waals surface area contributed by atoms with Crippen LogP contribution < -0.4 is 5.32 Å². The highest BCUT2D eigenvalue weighted by atomic mass is 32.2. The molecule has 0 aliphatic carbocycles. The molecule has 2 aromatic heterocycles. The molecule has 1 aliphatic heterocycles. The van der Waals surface area contributed by atoms with Crippen LogP contribution in [0, 0.1) is 18.3 Å². The predicted molar refractivity (Wildman–Crippen MR) is 113 cm³/mol. The van der Waals surface area contributed by atoms with E-state index in [9.17, 15) is 10.1 Å². The molecule has 4 rings (SSSR count). The Kier molecular flexibility index (Phi) is 5.28. The average molecular weight is 404 g/mol. The van der Waals surface area contributed by atoms with Gasteiger partial charge in [-0.3, -0.25) is 4.79 Å². The zero-order valence-corrected chi connectivity index (χ0v) is 16.8. The van der Waals surface area contributed by atoms with E-state index in [0.29, 0.717) is 23.6 Å². The van der Waals surface area contributed by atoms with Crippen LogP contribution in [-0.2, 0) is 4.79 Å². The number of para-hydroxylation sites is 1. The summed E-state index contributed by atoms with van der Waals surface area (Å²) in [5.41, 5.74) is 1.54. The van der Waals surface area contributed by atoms with Crippen LogP contribution in [-0.4, -0.2) is 32.7 Å². The first-order valence-electron chi connectivity index (χ1n) is 9.30. The highest BCUT2D eigenvalue weighted by Crippen LogP contribution is 2.28. The van der Waals surface area contributed by atoms with Crippen LogP contribution in [0.15, 0.2) is 59.2 Å². The second-order valence-electron chi connectivity index (χ2n) is 6.94. The maximum atomic E-state index is 12.5. The van der Waals surface area contributed by atoms with Gasteiger partial charge in [-0.2, -0.15) is 22.1 Å². The third kappa shape index (κ3) is 4.13. The molecule has 3 aromatic rings. The van der Waals surface area contributed by atoms with Crippen LogP contribution in [0.5, 0.6) is 0 Å². The first-order valence-corrected chi connectivity index (χ1v) is 10.5. The van der Waals surface area contributed by atoms with Gasteiger partial charge in [0.25, 0.3) is 0 Å². The molecule has 0 radical (unpaired) electrons. The van der Waals surface area contributed by atoms with Crippen molar-refractivity contribution in [3.8, 4) is 23.2 Å². The second-order valence-corrected chi connectivity index (χ2v) is 8.05. The van der Waals surface area contributed by atoms with E-state index in [1.54, 1.807) is 22.5 Å². The van der Waals surface area contributed by atoms with Crippen molar-refractivity contribution in [3.05, 3.63) is 66.1 Å². The first-order chi connectivity index (χ1) is 14.1. The van der Waals surface area contributed by atoms with E-state index >= 15 is 0 Å². The molecular formula is C22H20N4O2S. The van der Waals surface area contributed by atoms with Crippen LogP contribution >= 0.6 is 11.8 Å². The molecular weight excluding hydrogens is 384 g/mol. The van der Waals surface area contributed by atoms with Crippen molar-refractivity contribution in [2.24, 2.45) is 0 Å². The van der Waals surface area contributed by atoms with Gasteiger partial charge in [-0.05, 0) is 49.4 Å². The maximum absolute atomic E-state index is 12.5. The minimum absolute atomic E-state index is 0.289. The van der Waals surface area contributed by atoms with Crippen molar-refractivity contribution >= 4 is 23.7 Å². The van der Waals surface area contributed by atoms with Crippen molar-refractivity contribution in [1.82, 2.24) is 15.1 Å². The molecule has 29 heavy (non-hydrogen) atoms. The molecule has 6 nitrogen and oxygen atoms in total. The van der Waals surface area contributed by atoms with Crippen molar-refractivity contribution in [2.45, 2.75) is 18.9 Å². The fraction of sp³-hybridized carbons (Fsp3) is 0.227. The molecule has 1 aromatic carbocycles. The van der Waals surface area contributed by atoms with Crippen LogP contribution in [0.1, 0.15) is 17.7 Å². The summed E-state index contributed by atoms with van der Waals surface area (Å²) in [7, 11) is 0. The normalized spacial score (nSPS) is 18.8. The van der Waals surface area contributed by atoms with Gasteiger partial charge in [0.2, 0.25) is 5.91 Å². The number of furan rings is 1. The Hall–Kier alpha value is -3.24. The van der Waals surface area contributed by atoms with Crippen molar-refractivity contribution in [3.63, 3.8) is 0 Å². The third-order valence-corrected chi connectivity index (χ3v) is 5.94. The Bertz CT molecular complexity index is 1090. The van der Waals surface area contributed by atoms with Gasteiger partial charge in [-0.15, -0.1) is 0 Å². The summed E-state index contributed by atoms with van der Waals surface area (Å²) in [5, 5.41) is 17.0. The molecule has 0 bridgehead atoms. The molecule has 3 heterocycles. The molecule has 1 saturated heterocycles. The van der Waals surface area contributed by atoms with E-state index in [1.807, 2.05) is 55.6 Å². The lowest BCUT2D eigenvalue weighted by molar-refractivity contribution is -0.117. The number of carbonyl (C=O) groups is 1. The van der Waals surface area contributed by atoms with E-state index in [4.69, 9.17) is 4.42 Å². The van der Waals surface area contributed by atoms with Crippen LogP contribution in [0.4, 0.5) is 0 Å². The number of nitrogens with zero attached hydrogens (tertiary/aromatic N) is 3. The summed E-state index contributed by atoms with van der Waals surface area (Å²) in [6, 6.07) is 15.7. The summed E-state index contributed by atoms with van der Waals surface area (Å²) in [5.74, 6) is 2.63. The topological polar surface area (TPSA) is 83.9 Å². The van der Waals surface area contributed by atoms with E-state index in [1.165, 1.54) is 6.08 Å². The minimum atomic E-state index is -0.777. The molecule has 1 atom stereocenters. The third-order valence-electron chi connectivity index (χ3n) is 4.75. The Morgan fingerprint density at radius 1 is 1.34 bits per heavy atom. The van der Waals surface area contributed by atoms with Crippen LogP contribution in [0.2, 0.25) is 0 Å². The summed E-state index contributed by atoms with van der Waals surface area (Å²) >= 11 is 1.68. The number of hydrogen-bond donors (Lipinski definition) is 1. The van der Waals surface area contributed by atoms with Gasteiger partial charge in [0, 0.05) is 23.6 Å². The number of aromatic nitrogens is 2. The number of thioether (sulfide) groups is 1. The number of aryl methyl sites for hydroxylation is 1. The standard InChI is InChI=1S/C22H20N4O2S/c1-16-7-9-19(28-16)21-17(13-26(25-21)18-5-3-2-4-6-18)8-10-20(27)24-22(14-23)11-12-29-15-22/h2-10,13H,11-12,15H2,1H3,(H,24,27). The Morgan fingerprint density at radius 2 is 2.17 bits per heavy atom. The van der Waals surface area contributed by atoms with Gasteiger partial charge < -0.3 is 9.73 Å². The van der Waals surface area contributed by atoms with Gasteiger partial charge in [0.05, 0.1) is 11.8 Å². The second kappa shape index (κ2) is 8.02. The quantitative estimate of drug-likeness (QED) is 0.651. The lowest BCUT2D eigenvalue weighted by Crippen LogP contribution is -2.46. The number of hydrogen-bond acceptors (Lipinski definition) is 5. The Labute approximate surface area is 173 Å². The van der Waals surface area contributed by atoms with Gasteiger partial charge in [0.15, 0.2) is 5.76 Å². The van der Waals surface area contributed by atoms with Gasteiger partial charge in [-0.1, -0.05) is 18.2 Å². The van der Waals surface area contributed by atoms with Crippen molar-refractivity contribution in [1.29, 1.82) is 5.26 Å². The molecule has 1 amide bonds. The summed E-state index contributed by atoms with van der Waals surface area (Å²) in [6.07, 6.45) is 5.68. The Morgan fingerprint density at radius 3 is 2.83 bits per heavy atom. The van der Waals surface area contributed by atoms with E-state index in [0.717, 1.165) is 22.8 Å². The predicted octanol–water partition coefficient (Wildman–Crippen LogP) is 3.97. The molecule has 1 fully saturated rings. The highest BCUT2D eigenvalue weighted by Gasteiger charge is 2.35. The van der Waals surface area contributed by atoms with Crippen LogP contribution in [0.3, 0.4) is 0 Å². The molecule has 7 heteroatoms. The fourth-order valence-electron chi connectivity index (χ4n) is 3.20. The molecule has 146 valence electrons. The first kappa shape index (κ1) is 19.1. The van der Waals surface area contributed by atoms with Crippen molar-refractivity contribution < 1.29 is 9.21 Å². The number of carbonyl (C=O) groups excluding carboxylic acids is 1. The molecule has 0 saturated carbocycles. The number of nitrogens with one attached hydrogen (secondary N) is 1. The molecule has 0 spiro atoms. The molecule has 1 N–H and O–H groups in total. The van der Waals surface area contributed by atoms with E-state index < -0.39 is 5.54 Å². The summed E-state index contributed by atoms with van der Waals surface area (Å²) in [4.78, 5) is 12.5. The maximum Gasteiger partial charge on any atom is 0.245 e. The van der Waals surface area contributed by atoms with Gasteiger partial charge in [-0.25, -0.2) is 4.68 Å². The summed E-state index contributed by atoms with van der Waals surface area (Å²) < 4.78 is 7.51. The number of rotatable bonds is 5. The van der Waals surface area contributed by atoms with Gasteiger partial charge >= 0.3 is 0 Å². The number of benzene rings is 1. The lowest BCUT2D eigenvalue weighted by Gasteiger charge is -2.19. The highest BCUT2D eigenvalue weighted by molar-refractivity contribution is 7.99. The largest absolute Gasteiger partial charge is 0.460 e. The van der Waals surface area contributed by atoms with Gasteiger partial charge in [0.1, 0.15) is 17.0 Å². The monoisotopic (exact) mass is 404 g/mol. The van der Waals surface area contributed by atoms with E-state index in [-0.39, 0.29) is 5.91 Å². The zero-order valence-electron chi connectivity index (χ0n) is 16.0. The van der Waals surface area contributed by atoms with Crippen LogP contribution in [0.25, 0.3) is 23.2 Å². The lowest BCUT2D eigenvalue weighted by atomic mass is 10.0. The smallest absolute Gasteiger partial charge is 0.245 e. The average Bonchev–Trinajstić information content (AvgIpc) is 3.47. The minimum Gasteiger partial charge on any atom is -0.460 e. The fourth-order valence-corrected chi connectivity index (χ4v) is 4.46. The SMILES string of the molecule is Cc1ccc(-c2nn(-c3ccccc3)cc2C=CC(=O)NC2(C#N)CCSC2)o1. The Balaban J connectivity index is 1.63. The molecule has 1 unspecified atom stereocenters. The molecule has 1 aliphatic rings. The number of amides is 1. The zero-order chi connectivity index (χ0) is 20.3. The van der Waals surface area contributed by atoms with Crippen molar-refractivity contribution in [2.75, 3.05) is 11.5 Å². The number of nitriles is 1. The summed E-state index contributed by atoms with van der Waals surface area (Å²) in [6.45, 7) is 1.88.